The van der Waals surface area contributed by atoms with Crippen LogP contribution in [0.3, 0.4) is 0 Å². The van der Waals surface area contributed by atoms with Crippen LogP contribution >= 0.6 is 0 Å². The van der Waals surface area contributed by atoms with Gasteiger partial charge >= 0.3 is 6.18 Å². The van der Waals surface area contributed by atoms with Crippen LogP contribution in [0.4, 0.5) is 13.2 Å². The molecule has 2 aromatic rings. The summed E-state index contributed by atoms with van der Waals surface area (Å²) in [6.45, 7) is 1.36. The zero-order chi connectivity index (χ0) is 15.9. The number of hydrogen-bond donors (Lipinski definition) is 2. The van der Waals surface area contributed by atoms with Gasteiger partial charge in [0.1, 0.15) is 0 Å². The Morgan fingerprint density at radius 1 is 1.36 bits per heavy atom. The average Bonchev–Trinajstić information content (AvgIpc) is 2.81. The number of para-hydroxylation sites is 1. The van der Waals surface area contributed by atoms with Crippen LogP contribution in [-0.2, 0) is 13.0 Å². The highest BCUT2D eigenvalue weighted by molar-refractivity contribution is 5.84. The Labute approximate surface area is 126 Å². The smallest absolute Gasteiger partial charge is 0.395 e. The van der Waals surface area contributed by atoms with E-state index in [0.29, 0.717) is 6.54 Å². The summed E-state index contributed by atoms with van der Waals surface area (Å²) in [6, 6.07) is 7.95. The highest BCUT2D eigenvalue weighted by Crippen LogP contribution is 2.33. The molecule has 0 saturated heterocycles. The molecule has 0 spiro atoms. The minimum absolute atomic E-state index is 0.0168. The normalized spacial score (nSPS) is 21.0. The Bertz CT molecular complexity index is 665. The maximum absolute atomic E-state index is 12.9. The molecule has 3 nitrogen and oxygen atoms in total. The van der Waals surface area contributed by atoms with Crippen molar-refractivity contribution in [3.63, 3.8) is 0 Å². The Balaban J connectivity index is 1.85. The van der Waals surface area contributed by atoms with Gasteiger partial charge in [0.25, 0.3) is 0 Å². The Hall–Kier alpha value is -1.53. The van der Waals surface area contributed by atoms with Crippen molar-refractivity contribution in [3.05, 3.63) is 35.5 Å². The van der Waals surface area contributed by atoms with Gasteiger partial charge in [-0.2, -0.15) is 13.2 Å². The van der Waals surface area contributed by atoms with Gasteiger partial charge < -0.3 is 10.1 Å². The molecule has 0 aliphatic carbocycles. The van der Waals surface area contributed by atoms with Gasteiger partial charge in [0, 0.05) is 35.7 Å². The predicted molar refractivity (Wildman–Crippen MR) is 78.5 cm³/mol. The topological polar surface area (TPSA) is 39.3 Å². The molecule has 22 heavy (non-hydrogen) atoms. The van der Waals surface area contributed by atoms with Crippen molar-refractivity contribution in [3.8, 4) is 0 Å². The van der Waals surface area contributed by atoms with E-state index in [9.17, 15) is 13.2 Å². The fourth-order valence-corrected chi connectivity index (χ4v) is 3.20. The standard InChI is InChI=1S/C16H19F3N2O/c1-10-6-13-12-4-2-3-5-14(12)20-15(13)8-21(10)7-11(9-22)16(17,18)19/h2-5,10-11,20,22H,6-9H2,1H3. The summed E-state index contributed by atoms with van der Waals surface area (Å²) >= 11 is 0. The monoisotopic (exact) mass is 312 g/mol. The highest BCUT2D eigenvalue weighted by Gasteiger charge is 2.41. The summed E-state index contributed by atoms with van der Waals surface area (Å²) in [7, 11) is 0. The Kier molecular flexibility index (Phi) is 3.91. The quantitative estimate of drug-likeness (QED) is 0.914. The number of nitrogens with one attached hydrogen (secondary N) is 1. The molecule has 1 aromatic heterocycles. The summed E-state index contributed by atoms with van der Waals surface area (Å²) in [6.07, 6.45) is -3.65. The lowest BCUT2D eigenvalue weighted by atomic mass is 9.96. The summed E-state index contributed by atoms with van der Waals surface area (Å²) in [5, 5.41) is 10.2. The van der Waals surface area contributed by atoms with E-state index in [1.165, 1.54) is 5.56 Å². The van der Waals surface area contributed by atoms with E-state index in [2.05, 4.69) is 4.98 Å². The third-order valence-electron chi connectivity index (χ3n) is 4.52. The number of fused-ring (bicyclic) bond motifs is 3. The lowest BCUT2D eigenvalue weighted by Gasteiger charge is -2.36. The number of halogens is 3. The molecule has 120 valence electrons. The van der Waals surface area contributed by atoms with Gasteiger partial charge in [-0.3, -0.25) is 4.90 Å². The summed E-state index contributed by atoms with van der Waals surface area (Å²) < 4.78 is 38.6. The van der Waals surface area contributed by atoms with E-state index in [1.807, 2.05) is 31.2 Å². The maximum atomic E-state index is 12.9. The molecule has 1 aliphatic rings. The molecule has 1 aromatic carbocycles. The molecule has 2 atom stereocenters. The molecule has 0 fully saturated rings. The van der Waals surface area contributed by atoms with Crippen molar-refractivity contribution in [1.29, 1.82) is 0 Å². The van der Waals surface area contributed by atoms with Gasteiger partial charge in [0.05, 0.1) is 12.5 Å². The van der Waals surface area contributed by atoms with Crippen molar-refractivity contribution in [2.24, 2.45) is 5.92 Å². The van der Waals surface area contributed by atoms with Crippen LogP contribution in [-0.4, -0.2) is 40.4 Å². The van der Waals surface area contributed by atoms with Crippen molar-refractivity contribution >= 4 is 10.9 Å². The number of aromatic amines is 1. The number of nitrogens with zero attached hydrogens (tertiary/aromatic N) is 1. The van der Waals surface area contributed by atoms with Crippen LogP contribution in [0.5, 0.6) is 0 Å². The number of alkyl halides is 3. The van der Waals surface area contributed by atoms with E-state index >= 15 is 0 Å². The zero-order valence-corrected chi connectivity index (χ0v) is 12.3. The van der Waals surface area contributed by atoms with E-state index in [4.69, 9.17) is 5.11 Å². The first-order chi connectivity index (χ1) is 10.4. The summed E-state index contributed by atoms with van der Waals surface area (Å²) in [4.78, 5) is 5.11. The molecule has 6 heteroatoms. The second kappa shape index (κ2) is 5.59. The van der Waals surface area contributed by atoms with Gasteiger partial charge in [-0.25, -0.2) is 0 Å². The second-order valence-corrected chi connectivity index (χ2v) is 6.03. The van der Waals surface area contributed by atoms with Crippen molar-refractivity contribution in [2.75, 3.05) is 13.2 Å². The molecule has 2 unspecified atom stereocenters. The van der Waals surface area contributed by atoms with E-state index < -0.39 is 18.7 Å². The molecule has 1 aliphatic heterocycles. The second-order valence-electron chi connectivity index (χ2n) is 6.03. The summed E-state index contributed by atoms with van der Waals surface area (Å²) in [5.41, 5.74) is 3.21. The lowest BCUT2D eigenvalue weighted by Crippen LogP contribution is -2.45. The van der Waals surface area contributed by atoms with Crippen molar-refractivity contribution < 1.29 is 18.3 Å². The van der Waals surface area contributed by atoms with Gasteiger partial charge in [-0.1, -0.05) is 18.2 Å². The van der Waals surface area contributed by atoms with Crippen LogP contribution in [0, 0.1) is 5.92 Å². The molecular formula is C16H19F3N2O. The van der Waals surface area contributed by atoms with E-state index in [0.717, 1.165) is 23.0 Å². The molecule has 0 amide bonds. The van der Waals surface area contributed by atoms with Crippen molar-refractivity contribution in [2.45, 2.75) is 32.1 Å². The lowest BCUT2D eigenvalue weighted by molar-refractivity contribution is -0.190. The number of benzene rings is 1. The van der Waals surface area contributed by atoms with Gasteiger partial charge in [0.15, 0.2) is 0 Å². The van der Waals surface area contributed by atoms with Gasteiger partial charge in [-0.15, -0.1) is 0 Å². The summed E-state index contributed by atoms with van der Waals surface area (Å²) in [5.74, 6) is -1.69. The maximum Gasteiger partial charge on any atom is 0.395 e. The first kappa shape index (κ1) is 15.4. The van der Waals surface area contributed by atoms with Crippen LogP contribution < -0.4 is 0 Å². The number of hydrogen-bond acceptors (Lipinski definition) is 2. The Morgan fingerprint density at radius 2 is 2.09 bits per heavy atom. The fourth-order valence-electron chi connectivity index (χ4n) is 3.20. The fraction of sp³-hybridized carbons (Fsp3) is 0.500. The minimum Gasteiger partial charge on any atom is -0.396 e. The molecule has 3 rings (SSSR count). The first-order valence-electron chi connectivity index (χ1n) is 7.40. The highest BCUT2D eigenvalue weighted by atomic mass is 19.4. The Morgan fingerprint density at radius 3 is 2.77 bits per heavy atom. The van der Waals surface area contributed by atoms with Crippen molar-refractivity contribution in [1.82, 2.24) is 9.88 Å². The van der Waals surface area contributed by atoms with Crippen LogP contribution in [0.1, 0.15) is 18.2 Å². The molecule has 0 saturated carbocycles. The van der Waals surface area contributed by atoms with Crippen LogP contribution in [0.25, 0.3) is 10.9 Å². The largest absolute Gasteiger partial charge is 0.396 e. The van der Waals surface area contributed by atoms with Crippen LogP contribution in [0.2, 0.25) is 0 Å². The minimum atomic E-state index is -4.37. The number of aromatic nitrogens is 1. The predicted octanol–water partition coefficient (Wildman–Crippen LogP) is 3.09. The molecule has 0 bridgehead atoms. The van der Waals surface area contributed by atoms with Gasteiger partial charge in [0.2, 0.25) is 0 Å². The third-order valence-corrected chi connectivity index (χ3v) is 4.52. The number of aliphatic hydroxyl groups excluding tert-OH is 1. The first-order valence-corrected chi connectivity index (χ1v) is 7.40. The number of aliphatic hydroxyl groups is 1. The number of rotatable bonds is 3. The molecular weight excluding hydrogens is 293 g/mol. The van der Waals surface area contributed by atoms with E-state index in [-0.39, 0.29) is 12.6 Å². The van der Waals surface area contributed by atoms with Gasteiger partial charge in [-0.05, 0) is 25.0 Å². The number of H-pyrrole nitrogens is 1. The van der Waals surface area contributed by atoms with E-state index in [1.54, 1.807) is 4.90 Å². The zero-order valence-electron chi connectivity index (χ0n) is 12.3. The molecule has 2 N–H and O–H groups in total. The van der Waals surface area contributed by atoms with Crippen LogP contribution in [0.15, 0.2) is 24.3 Å². The molecule has 2 heterocycles. The SMILES string of the molecule is CC1Cc2c([nH]c3ccccc23)CN1CC(CO)C(F)(F)F. The molecule has 0 radical (unpaired) electrons. The third kappa shape index (κ3) is 2.73. The average molecular weight is 312 g/mol.